The molecule has 0 atom stereocenters. The van der Waals surface area contributed by atoms with Gasteiger partial charge >= 0.3 is 11.9 Å². The lowest BCUT2D eigenvalue weighted by atomic mass is 9.86. The van der Waals surface area contributed by atoms with Crippen LogP contribution in [0.25, 0.3) is 0 Å². The van der Waals surface area contributed by atoms with Crippen LogP contribution in [-0.2, 0) is 4.74 Å². The first-order valence-electron chi connectivity index (χ1n) is 9.54. The van der Waals surface area contributed by atoms with E-state index in [9.17, 15) is 9.59 Å². The Balaban J connectivity index is 2.86. The van der Waals surface area contributed by atoms with Crippen molar-refractivity contribution in [2.75, 3.05) is 0 Å². The number of carbonyl (C=O) groups excluding carboxylic acids is 1. The predicted octanol–water partition coefficient (Wildman–Crippen LogP) is 5.85. The lowest BCUT2D eigenvalue weighted by Crippen LogP contribution is -2.35. The van der Waals surface area contributed by atoms with Gasteiger partial charge in [0.1, 0.15) is 5.60 Å². The Morgan fingerprint density at radius 3 is 1.88 bits per heavy atom. The number of hydrogen-bond acceptors (Lipinski definition) is 3. The van der Waals surface area contributed by atoms with Crippen LogP contribution >= 0.6 is 0 Å². The van der Waals surface area contributed by atoms with E-state index in [1.54, 1.807) is 0 Å². The second kappa shape index (κ2) is 10.9. The summed E-state index contributed by atoms with van der Waals surface area (Å²) in [6, 6.07) is 5.96. The van der Waals surface area contributed by atoms with Gasteiger partial charge in [-0.15, -0.1) is 0 Å². The number of benzene rings is 1. The van der Waals surface area contributed by atoms with Crippen molar-refractivity contribution in [1.29, 1.82) is 0 Å². The van der Waals surface area contributed by atoms with Crippen LogP contribution in [0.1, 0.15) is 99.3 Å². The number of unbranched alkanes of at least 4 members (excludes halogenated alkanes) is 3. The number of hydrogen-bond donors (Lipinski definition) is 1. The maximum Gasteiger partial charge on any atom is 0.338 e. The third-order valence-electron chi connectivity index (χ3n) is 4.57. The molecule has 0 fully saturated rings. The Labute approximate surface area is 151 Å². The average Bonchev–Trinajstić information content (AvgIpc) is 2.59. The summed E-state index contributed by atoms with van der Waals surface area (Å²) in [6.45, 7) is 6.42. The Bertz CT molecular complexity index is 527. The van der Waals surface area contributed by atoms with E-state index in [1.807, 2.05) is 0 Å². The van der Waals surface area contributed by atoms with Gasteiger partial charge < -0.3 is 9.84 Å². The zero-order valence-electron chi connectivity index (χ0n) is 15.8. The van der Waals surface area contributed by atoms with Gasteiger partial charge in [0.2, 0.25) is 0 Å². The van der Waals surface area contributed by atoms with E-state index in [0.29, 0.717) is 5.56 Å². The predicted molar refractivity (Wildman–Crippen MR) is 100 cm³/mol. The molecule has 0 heterocycles. The molecular formula is C21H32O4. The first kappa shape index (κ1) is 21.2. The van der Waals surface area contributed by atoms with Crippen molar-refractivity contribution in [1.82, 2.24) is 0 Å². The second-order valence-corrected chi connectivity index (χ2v) is 6.77. The number of rotatable bonds is 12. The summed E-state index contributed by atoms with van der Waals surface area (Å²) in [5.41, 5.74) is 0.180. The van der Waals surface area contributed by atoms with Crippen LogP contribution < -0.4 is 0 Å². The largest absolute Gasteiger partial charge is 0.478 e. The molecule has 1 N–H and O–H groups in total. The minimum atomic E-state index is -0.998. The van der Waals surface area contributed by atoms with Crippen molar-refractivity contribution in [2.24, 2.45) is 0 Å². The molecule has 140 valence electrons. The maximum absolute atomic E-state index is 12.6. The highest BCUT2D eigenvalue weighted by molar-refractivity contribution is 5.92. The number of aromatic carboxylic acids is 1. The fourth-order valence-corrected chi connectivity index (χ4v) is 3.32. The zero-order chi connectivity index (χ0) is 18.7. The van der Waals surface area contributed by atoms with Crippen LogP contribution in [0.15, 0.2) is 24.3 Å². The van der Waals surface area contributed by atoms with E-state index in [1.165, 1.54) is 37.1 Å². The van der Waals surface area contributed by atoms with Crippen LogP contribution in [0.3, 0.4) is 0 Å². The molecular weight excluding hydrogens is 316 g/mol. The number of ether oxygens (including phenoxy) is 1. The highest BCUT2D eigenvalue weighted by Crippen LogP contribution is 2.32. The summed E-state index contributed by atoms with van der Waals surface area (Å²) in [5.74, 6) is -1.35. The number of carbonyl (C=O) groups is 2. The molecule has 25 heavy (non-hydrogen) atoms. The summed E-state index contributed by atoms with van der Waals surface area (Å²) in [5, 5.41) is 8.97. The third kappa shape index (κ3) is 6.89. The van der Waals surface area contributed by atoms with Crippen LogP contribution in [0.5, 0.6) is 0 Å². The van der Waals surface area contributed by atoms with Gasteiger partial charge in [0.15, 0.2) is 0 Å². The first-order chi connectivity index (χ1) is 12.0. The fraction of sp³-hybridized carbons (Fsp3) is 0.619. The summed E-state index contributed by atoms with van der Waals surface area (Å²) in [6.07, 6.45) is 9.20. The summed E-state index contributed by atoms with van der Waals surface area (Å²) in [7, 11) is 0. The molecule has 0 saturated carbocycles. The molecule has 0 aliphatic rings. The Morgan fingerprint density at radius 2 is 1.40 bits per heavy atom. The van der Waals surface area contributed by atoms with Gasteiger partial charge in [0.25, 0.3) is 0 Å². The first-order valence-corrected chi connectivity index (χ1v) is 9.54. The van der Waals surface area contributed by atoms with Crippen LogP contribution in [0.4, 0.5) is 0 Å². The minimum Gasteiger partial charge on any atom is -0.478 e. The standard InChI is InChI=1S/C21H32O4/c1-4-7-8-9-16-21(14-5-2,15-6-3)25-20(24)18-12-10-17(11-13-18)19(22)23/h10-13H,4-9,14-16H2,1-3H3,(H,22,23). The van der Waals surface area contributed by atoms with Gasteiger partial charge in [0.05, 0.1) is 11.1 Å². The maximum atomic E-state index is 12.6. The summed E-state index contributed by atoms with van der Waals surface area (Å²) >= 11 is 0. The molecule has 0 radical (unpaired) electrons. The van der Waals surface area contributed by atoms with Crippen molar-refractivity contribution in [3.63, 3.8) is 0 Å². The Kier molecular flexibility index (Phi) is 9.25. The van der Waals surface area contributed by atoms with E-state index in [-0.39, 0.29) is 11.5 Å². The lowest BCUT2D eigenvalue weighted by molar-refractivity contribution is -0.0342. The molecule has 0 spiro atoms. The highest BCUT2D eigenvalue weighted by atomic mass is 16.6. The van der Waals surface area contributed by atoms with Crippen LogP contribution in [-0.4, -0.2) is 22.6 Å². The fourth-order valence-electron chi connectivity index (χ4n) is 3.32. The number of carboxylic acid groups (broad SMARTS) is 1. The molecule has 0 saturated heterocycles. The molecule has 0 amide bonds. The molecule has 1 rings (SSSR count). The topological polar surface area (TPSA) is 63.6 Å². The SMILES string of the molecule is CCCCCCC(CCC)(CCC)OC(=O)c1ccc(C(=O)O)cc1. The van der Waals surface area contributed by atoms with E-state index >= 15 is 0 Å². The molecule has 0 aliphatic carbocycles. The smallest absolute Gasteiger partial charge is 0.338 e. The van der Waals surface area contributed by atoms with Crippen molar-refractivity contribution < 1.29 is 19.4 Å². The molecule has 1 aromatic carbocycles. The molecule has 0 aliphatic heterocycles. The average molecular weight is 348 g/mol. The van der Waals surface area contributed by atoms with Gasteiger partial charge in [-0.2, -0.15) is 0 Å². The van der Waals surface area contributed by atoms with Crippen LogP contribution in [0, 0.1) is 0 Å². The van der Waals surface area contributed by atoms with E-state index < -0.39 is 11.6 Å². The monoisotopic (exact) mass is 348 g/mol. The molecule has 0 aromatic heterocycles. The van der Waals surface area contributed by atoms with Crippen LogP contribution in [0.2, 0.25) is 0 Å². The Hall–Kier alpha value is -1.84. The molecule has 4 nitrogen and oxygen atoms in total. The van der Waals surface area contributed by atoms with Gasteiger partial charge in [-0.25, -0.2) is 9.59 Å². The molecule has 0 unspecified atom stereocenters. The van der Waals surface area contributed by atoms with Gasteiger partial charge in [-0.3, -0.25) is 0 Å². The second-order valence-electron chi connectivity index (χ2n) is 6.77. The van der Waals surface area contributed by atoms with Crippen molar-refractivity contribution >= 4 is 11.9 Å². The van der Waals surface area contributed by atoms with Gasteiger partial charge in [-0.1, -0.05) is 52.9 Å². The molecule has 0 bridgehead atoms. The number of esters is 1. The van der Waals surface area contributed by atoms with E-state index in [0.717, 1.165) is 44.9 Å². The van der Waals surface area contributed by atoms with Gasteiger partial charge in [0, 0.05) is 0 Å². The summed E-state index contributed by atoms with van der Waals surface area (Å²) < 4.78 is 6.00. The van der Waals surface area contributed by atoms with E-state index in [2.05, 4.69) is 20.8 Å². The summed E-state index contributed by atoms with van der Waals surface area (Å²) in [4.78, 5) is 23.5. The molecule has 1 aromatic rings. The van der Waals surface area contributed by atoms with Crippen molar-refractivity contribution in [3.8, 4) is 0 Å². The van der Waals surface area contributed by atoms with Crippen molar-refractivity contribution in [3.05, 3.63) is 35.4 Å². The minimum absolute atomic E-state index is 0.171. The van der Waals surface area contributed by atoms with Crippen molar-refractivity contribution in [2.45, 2.75) is 84.2 Å². The highest BCUT2D eigenvalue weighted by Gasteiger charge is 2.32. The Morgan fingerprint density at radius 1 is 0.840 bits per heavy atom. The number of carboxylic acids is 1. The van der Waals surface area contributed by atoms with Gasteiger partial charge in [-0.05, 0) is 49.9 Å². The quantitative estimate of drug-likeness (QED) is 0.380. The lowest BCUT2D eigenvalue weighted by Gasteiger charge is -2.33. The van der Waals surface area contributed by atoms with E-state index in [4.69, 9.17) is 9.84 Å². The normalized spacial score (nSPS) is 11.3. The zero-order valence-corrected chi connectivity index (χ0v) is 15.8. The third-order valence-corrected chi connectivity index (χ3v) is 4.57. The molecule has 4 heteroatoms.